The number of carbonyl (C=O) groups excluding carboxylic acids is 2. The van der Waals surface area contributed by atoms with E-state index in [4.69, 9.17) is 11.6 Å². The van der Waals surface area contributed by atoms with Crippen LogP contribution >= 0.6 is 11.6 Å². The summed E-state index contributed by atoms with van der Waals surface area (Å²) in [6.45, 7) is 0. The number of amides is 2. The monoisotopic (exact) mass is 332 g/mol. The Bertz CT molecular complexity index is 780. The number of para-hydroxylation sites is 1. The number of halogens is 1. The van der Waals surface area contributed by atoms with Crippen LogP contribution in [0.25, 0.3) is 0 Å². The van der Waals surface area contributed by atoms with Gasteiger partial charge in [-0.05, 0) is 29.8 Å². The molecule has 23 heavy (non-hydrogen) atoms. The minimum Gasteiger partial charge on any atom is -0.508 e. The number of rotatable bonds is 3. The molecular formula is C16H13ClN2O4. The average Bonchev–Trinajstić information content (AvgIpc) is 2.54. The fourth-order valence-corrected chi connectivity index (χ4v) is 2.80. The van der Waals surface area contributed by atoms with E-state index in [1.54, 1.807) is 24.3 Å². The van der Waals surface area contributed by atoms with Crippen LogP contribution in [-0.4, -0.2) is 32.4 Å². The number of hydrogen-bond donors (Lipinski definition) is 3. The third kappa shape index (κ3) is 2.68. The van der Waals surface area contributed by atoms with E-state index in [1.165, 1.54) is 24.3 Å². The van der Waals surface area contributed by atoms with Crippen molar-refractivity contribution < 1.29 is 19.8 Å². The fourth-order valence-electron chi connectivity index (χ4n) is 2.44. The number of alkyl halides is 1. The molecule has 0 saturated carbocycles. The van der Waals surface area contributed by atoms with Crippen LogP contribution in [0.4, 0.5) is 0 Å². The van der Waals surface area contributed by atoms with Gasteiger partial charge in [0, 0.05) is 0 Å². The molecule has 2 aromatic rings. The highest BCUT2D eigenvalue weighted by Crippen LogP contribution is 2.38. The van der Waals surface area contributed by atoms with Gasteiger partial charge in [0.05, 0.1) is 5.56 Å². The van der Waals surface area contributed by atoms with Crippen molar-refractivity contribution >= 4 is 23.4 Å². The molecule has 0 aromatic heterocycles. The molecule has 0 aliphatic carbocycles. The zero-order chi connectivity index (χ0) is 16.6. The summed E-state index contributed by atoms with van der Waals surface area (Å²) in [5, 5.41) is 19.5. The van der Waals surface area contributed by atoms with Gasteiger partial charge in [-0.3, -0.25) is 15.0 Å². The number of phenolic OH excluding ortho intramolecular Hbond substituents is 2. The zero-order valence-corrected chi connectivity index (χ0v) is 12.6. The first-order chi connectivity index (χ1) is 11.0. The predicted molar refractivity (Wildman–Crippen MR) is 82.9 cm³/mol. The Morgan fingerprint density at radius 2 is 1.87 bits per heavy atom. The molecule has 1 aliphatic heterocycles. The maximum Gasteiger partial charge on any atom is 0.273 e. The van der Waals surface area contributed by atoms with E-state index >= 15 is 0 Å². The third-order valence-electron chi connectivity index (χ3n) is 3.61. The number of aromatic hydroxyl groups is 2. The Morgan fingerprint density at radius 3 is 2.57 bits per heavy atom. The predicted octanol–water partition coefficient (Wildman–Crippen LogP) is 1.93. The normalized spacial score (nSPS) is 20.0. The maximum absolute atomic E-state index is 12.2. The van der Waals surface area contributed by atoms with E-state index in [0.717, 1.165) is 5.01 Å². The van der Waals surface area contributed by atoms with E-state index in [1.807, 2.05) is 0 Å². The molecule has 7 heteroatoms. The molecule has 2 atom stereocenters. The quantitative estimate of drug-likeness (QED) is 0.592. The molecule has 0 unspecified atom stereocenters. The number of phenols is 2. The summed E-state index contributed by atoms with van der Waals surface area (Å²) in [7, 11) is 0. The lowest BCUT2D eigenvalue weighted by Gasteiger charge is -2.43. The number of nitrogens with zero attached hydrogens (tertiary/aromatic N) is 1. The summed E-state index contributed by atoms with van der Waals surface area (Å²) < 4.78 is 0. The number of hydrazine groups is 1. The Labute approximate surface area is 136 Å². The lowest BCUT2D eigenvalue weighted by atomic mass is 9.95. The molecule has 1 aliphatic rings. The summed E-state index contributed by atoms with van der Waals surface area (Å²) in [4.78, 5) is 24.1. The molecule has 1 fully saturated rings. The van der Waals surface area contributed by atoms with Crippen LogP contribution in [-0.2, 0) is 4.79 Å². The maximum atomic E-state index is 12.2. The largest absolute Gasteiger partial charge is 0.508 e. The van der Waals surface area contributed by atoms with E-state index in [2.05, 4.69) is 5.43 Å². The summed E-state index contributed by atoms with van der Waals surface area (Å²) in [6, 6.07) is 11.7. The van der Waals surface area contributed by atoms with Gasteiger partial charge in [0.2, 0.25) is 0 Å². The summed E-state index contributed by atoms with van der Waals surface area (Å²) in [6.07, 6.45) is 0. The highest BCUT2D eigenvalue weighted by Gasteiger charge is 2.48. The molecule has 0 spiro atoms. The molecule has 0 bridgehead atoms. The molecular weight excluding hydrogens is 320 g/mol. The number of nitrogens with one attached hydrogen (secondary N) is 1. The van der Waals surface area contributed by atoms with E-state index in [-0.39, 0.29) is 17.1 Å². The number of β-lactam (4-membered cyclic amide) rings is 1. The van der Waals surface area contributed by atoms with Crippen molar-refractivity contribution in [2.75, 3.05) is 0 Å². The van der Waals surface area contributed by atoms with Crippen molar-refractivity contribution in [3.8, 4) is 11.5 Å². The van der Waals surface area contributed by atoms with Gasteiger partial charge in [-0.15, -0.1) is 11.6 Å². The number of benzene rings is 2. The van der Waals surface area contributed by atoms with Crippen LogP contribution in [0, 0.1) is 0 Å². The Hall–Kier alpha value is -2.73. The summed E-state index contributed by atoms with van der Waals surface area (Å²) in [5.74, 6) is -1.22. The minimum atomic E-state index is -0.832. The molecule has 0 radical (unpaired) electrons. The standard InChI is InChI=1S/C16H13ClN2O4/c17-13-14(9-4-3-5-10(20)8-9)19(16(13)23)18-15(22)11-6-1-2-7-12(11)21/h1-8,13-14,20-21H,(H,18,22)/t13-,14+/m0/s1. The van der Waals surface area contributed by atoms with Crippen LogP contribution < -0.4 is 5.43 Å². The van der Waals surface area contributed by atoms with Crippen molar-refractivity contribution in [3.63, 3.8) is 0 Å². The second-order valence-corrected chi connectivity index (χ2v) is 5.58. The summed E-state index contributed by atoms with van der Waals surface area (Å²) >= 11 is 6.03. The van der Waals surface area contributed by atoms with Crippen molar-refractivity contribution in [3.05, 3.63) is 59.7 Å². The van der Waals surface area contributed by atoms with Crippen molar-refractivity contribution in [1.82, 2.24) is 10.4 Å². The molecule has 118 valence electrons. The van der Waals surface area contributed by atoms with Crippen LogP contribution in [0.1, 0.15) is 22.0 Å². The van der Waals surface area contributed by atoms with Gasteiger partial charge < -0.3 is 10.2 Å². The van der Waals surface area contributed by atoms with Crippen LogP contribution in [0.2, 0.25) is 0 Å². The van der Waals surface area contributed by atoms with Crippen molar-refractivity contribution in [2.24, 2.45) is 0 Å². The number of carbonyl (C=O) groups is 2. The smallest absolute Gasteiger partial charge is 0.273 e. The molecule has 3 N–H and O–H groups in total. The highest BCUT2D eigenvalue weighted by molar-refractivity contribution is 6.33. The van der Waals surface area contributed by atoms with Gasteiger partial charge >= 0.3 is 0 Å². The number of hydrogen-bond acceptors (Lipinski definition) is 4. The molecule has 2 amide bonds. The lowest BCUT2D eigenvalue weighted by Crippen LogP contribution is -2.63. The Kier molecular flexibility index (Phi) is 3.83. The second-order valence-electron chi connectivity index (χ2n) is 5.11. The molecule has 3 rings (SSSR count). The molecule has 1 saturated heterocycles. The zero-order valence-electron chi connectivity index (χ0n) is 11.8. The van der Waals surface area contributed by atoms with Crippen molar-refractivity contribution in [1.29, 1.82) is 0 Å². The van der Waals surface area contributed by atoms with Crippen LogP contribution in [0.3, 0.4) is 0 Å². The highest BCUT2D eigenvalue weighted by atomic mass is 35.5. The van der Waals surface area contributed by atoms with Gasteiger partial charge in [-0.1, -0.05) is 24.3 Å². The molecule has 6 nitrogen and oxygen atoms in total. The Morgan fingerprint density at radius 1 is 1.13 bits per heavy atom. The SMILES string of the molecule is O=C(NN1C(=O)[C@@H](Cl)[C@H]1c1cccc(O)c1)c1ccccc1O. The van der Waals surface area contributed by atoms with Crippen LogP contribution in [0.5, 0.6) is 11.5 Å². The average molecular weight is 333 g/mol. The van der Waals surface area contributed by atoms with Gasteiger partial charge in [0.25, 0.3) is 11.8 Å². The second kappa shape index (κ2) is 5.81. The first-order valence-corrected chi connectivity index (χ1v) is 7.27. The van der Waals surface area contributed by atoms with Gasteiger partial charge in [0.1, 0.15) is 22.9 Å². The molecule has 2 aromatic carbocycles. The fraction of sp³-hybridized carbons (Fsp3) is 0.125. The molecule has 1 heterocycles. The van der Waals surface area contributed by atoms with Gasteiger partial charge in [-0.2, -0.15) is 0 Å². The van der Waals surface area contributed by atoms with Gasteiger partial charge in [-0.25, -0.2) is 5.01 Å². The van der Waals surface area contributed by atoms with E-state index in [9.17, 15) is 19.8 Å². The van der Waals surface area contributed by atoms with E-state index < -0.39 is 23.2 Å². The first-order valence-electron chi connectivity index (χ1n) is 6.84. The third-order valence-corrected chi connectivity index (χ3v) is 4.04. The lowest BCUT2D eigenvalue weighted by molar-refractivity contribution is -0.149. The van der Waals surface area contributed by atoms with Gasteiger partial charge in [0.15, 0.2) is 0 Å². The summed E-state index contributed by atoms with van der Waals surface area (Å²) in [5.41, 5.74) is 3.09. The first kappa shape index (κ1) is 15.2. The topological polar surface area (TPSA) is 89.9 Å². The minimum absolute atomic E-state index is 0.0395. The van der Waals surface area contributed by atoms with Crippen molar-refractivity contribution in [2.45, 2.75) is 11.4 Å². The van der Waals surface area contributed by atoms with E-state index in [0.29, 0.717) is 5.56 Å². The Balaban J connectivity index is 1.82. The van der Waals surface area contributed by atoms with Crippen LogP contribution in [0.15, 0.2) is 48.5 Å².